The van der Waals surface area contributed by atoms with Gasteiger partial charge in [0.25, 0.3) is 0 Å². The first-order chi connectivity index (χ1) is 14.7. The first-order valence-electron chi connectivity index (χ1n) is 10.5. The van der Waals surface area contributed by atoms with E-state index in [9.17, 15) is 4.79 Å². The minimum absolute atomic E-state index is 0.0267. The number of methoxy groups -OCH3 is 1. The van der Waals surface area contributed by atoms with Crippen LogP contribution in [0.2, 0.25) is 0 Å². The summed E-state index contributed by atoms with van der Waals surface area (Å²) < 4.78 is 5.26. The summed E-state index contributed by atoms with van der Waals surface area (Å²) in [6.07, 6.45) is 2.29. The van der Waals surface area contributed by atoms with Crippen molar-refractivity contribution in [2.45, 2.75) is 38.4 Å². The van der Waals surface area contributed by atoms with Gasteiger partial charge in [-0.05, 0) is 49.1 Å². The first-order valence-corrected chi connectivity index (χ1v) is 10.5. The van der Waals surface area contributed by atoms with Crippen molar-refractivity contribution in [1.82, 2.24) is 4.90 Å². The Morgan fingerprint density at radius 3 is 2.33 bits per heavy atom. The fourth-order valence-corrected chi connectivity index (χ4v) is 3.78. The van der Waals surface area contributed by atoms with Crippen LogP contribution in [0.1, 0.15) is 25.3 Å². The van der Waals surface area contributed by atoms with Gasteiger partial charge in [0.1, 0.15) is 5.75 Å². The lowest BCUT2D eigenvalue weighted by atomic mass is 10.0. The Morgan fingerprint density at radius 2 is 1.67 bits per heavy atom. The molecule has 0 aromatic heterocycles. The van der Waals surface area contributed by atoms with Gasteiger partial charge in [-0.15, -0.1) is 0 Å². The second-order valence-corrected chi connectivity index (χ2v) is 7.83. The third-order valence-corrected chi connectivity index (χ3v) is 5.69. The highest BCUT2D eigenvalue weighted by Gasteiger charge is 2.35. The number of amides is 1. The van der Waals surface area contributed by atoms with E-state index >= 15 is 0 Å². The molecule has 0 heterocycles. The molecule has 3 aromatic rings. The second-order valence-electron chi connectivity index (χ2n) is 7.83. The van der Waals surface area contributed by atoms with Crippen LogP contribution in [0.15, 0.2) is 78.9 Å². The van der Waals surface area contributed by atoms with E-state index in [0.717, 1.165) is 42.0 Å². The lowest BCUT2D eigenvalue weighted by molar-refractivity contribution is -0.121. The third kappa shape index (κ3) is 4.71. The highest BCUT2D eigenvalue weighted by atomic mass is 16.5. The zero-order valence-corrected chi connectivity index (χ0v) is 17.5. The average Bonchev–Trinajstić information content (AvgIpc) is 3.63. The Kier molecular flexibility index (Phi) is 6.15. The number of nitrogens with zero attached hydrogens (tertiary/aromatic N) is 1. The first kappa shape index (κ1) is 20.2. The van der Waals surface area contributed by atoms with Crippen LogP contribution in [0, 0.1) is 0 Å². The van der Waals surface area contributed by atoms with Crippen LogP contribution >= 0.6 is 0 Å². The average molecular weight is 401 g/mol. The normalized spacial score (nSPS) is 14.4. The lowest BCUT2D eigenvalue weighted by Crippen LogP contribution is -2.43. The molecule has 4 nitrogen and oxygen atoms in total. The van der Waals surface area contributed by atoms with E-state index in [1.165, 1.54) is 5.56 Å². The predicted molar refractivity (Wildman–Crippen MR) is 122 cm³/mol. The fraction of sp³-hybridized carbons (Fsp3) is 0.269. The van der Waals surface area contributed by atoms with Crippen LogP contribution < -0.4 is 10.1 Å². The van der Waals surface area contributed by atoms with E-state index in [2.05, 4.69) is 34.5 Å². The van der Waals surface area contributed by atoms with Crippen LogP contribution in [0.4, 0.5) is 5.69 Å². The molecule has 0 radical (unpaired) electrons. The smallest absolute Gasteiger partial charge is 0.241 e. The van der Waals surface area contributed by atoms with E-state index in [4.69, 9.17) is 4.74 Å². The molecular formula is C26H28N2O2. The molecule has 1 atom stereocenters. The van der Waals surface area contributed by atoms with Gasteiger partial charge in [0.2, 0.25) is 5.91 Å². The number of carbonyl (C=O) groups excluding carboxylic acids is 1. The van der Waals surface area contributed by atoms with Crippen molar-refractivity contribution in [1.29, 1.82) is 0 Å². The summed E-state index contributed by atoms with van der Waals surface area (Å²) in [6, 6.07) is 26.5. The standard InChI is InChI=1S/C26H28N2O2/c1-19(28(22-14-15-22)18-20-12-16-23(30-2)17-13-20)26(29)27-25-11-7-6-10-24(25)21-8-4-3-5-9-21/h3-13,16-17,19,22H,14-15,18H2,1-2H3,(H,27,29)/t19-/m1/s1. The number of benzene rings is 3. The van der Waals surface area contributed by atoms with Crippen LogP contribution in [0.25, 0.3) is 11.1 Å². The molecule has 0 bridgehead atoms. The van der Waals surface area contributed by atoms with Crippen molar-refractivity contribution in [2.75, 3.05) is 12.4 Å². The fourth-order valence-electron chi connectivity index (χ4n) is 3.78. The third-order valence-electron chi connectivity index (χ3n) is 5.69. The molecule has 4 heteroatoms. The molecule has 3 aromatic carbocycles. The summed E-state index contributed by atoms with van der Waals surface area (Å²) >= 11 is 0. The van der Waals surface area contributed by atoms with Crippen LogP contribution in [0.3, 0.4) is 0 Å². The predicted octanol–water partition coefficient (Wildman–Crippen LogP) is 5.35. The molecule has 1 saturated carbocycles. The molecule has 4 rings (SSSR count). The second kappa shape index (κ2) is 9.14. The van der Waals surface area contributed by atoms with Gasteiger partial charge in [0, 0.05) is 23.8 Å². The van der Waals surface area contributed by atoms with Gasteiger partial charge in [-0.3, -0.25) is 9.69 Å². The monoisotopic (exact) mass is 400 g/mol. The summed E-state index contributed by atoms with van der Waals surface area (Å²) in [5.74, 6) is 0.874. The minimum Gasteiger partial charge on any atom is -0.497 e. The van der Waals surface area contributed by atoms with Crippen molar-refractivity contribution in [3.8, 4) is 16.9 Å². The van der Waals surface area contributed by atoms with Crippen molar-refractivity contribution in [3.05, 3.63) is 84.4 Å². The maximum absolute atomic E-state index is 13.2. The molecule has 1 fully saturated rings. The van der Waals surface area contributed by atoms with Gasteiger partial charge in [0.15, 0.2) is 0 Å². The highest BCUT2D eigenvalue weighted by molar-refractivity contribution is 5.98. The zero-order valence-electron chi connectivity index (χ0n) is 17.5. The van der Waals surface area contributed by atoms with Crippen LogP contribution in [-0.2, 0) is 11.3 Å². The maximum Gasteiger partial charge on any atom is 0.241 e. The van der Waals surface area contributed by atoms with E-state index in [0.29, 0.717) is 6.04 Å². The Hall–Kier alpha value is -3.11. The zero-order chi connectivity index (χ0) is 20.9. The van der Waals surface area contributed by atoms with E-state index < -0.39 is 0 Å². The van der Waals surface area contributed by atoms with Gasteiger partial charge in [-0.25, -0.2) is 0 Å². The van der Waals surface area contributed by atoms with E-state index in [-0.39, 0.29) is 11.9 Å². The molecule has 0 saturated heterocycles. The number of ether oxygens (including phenoxy) is 1. The summed E-state index contributed by atoms with van der Waals surface area (Å²) in [5, 5.41) is 3.18. The van der Waals surface area contributed by atoms with Gasteiger partial charge in [0.05, 0.1) is 13.2 Å². The molecule has 0 unspecified atom stereocenters. The molecule has 1 aliphatic rings. The van der Waals surface area contributed by atoms with Gasteiger partial charge >= 0.3 is 0 Å². The van der Waals surface area contributed by atoms with Crippen molar-refractivity contribution in [2.24, 2.45) is 0 Å². The van der Waals surface area contributed by atoms with Crippen molar-refractivity contribution >= 4 is 11.6 Å². The van der Waals surface area contributed by atoms with Crippen LogP contribution in [0.5, 0.6) is 5.75 Å². The summed E-state index contributed by atoms with van der Waals surface area (Å²) in [4.78, 5) is 15.5. The topological polar surface area (TPSA) is 41.6 Å². The molecule has 1 N–H and O–H groups in total. The summed E-state index contributed by atoms with van der Waals surface area (Å²) in [6.45, 7) is 2.76. The summed E-state index contributed by atoms with van der Waals surface area (Å²) in [7, 11) is 1.67. The van der Waals surface area contributed by atoms with Crippen molar-refractivity contribution < 1.29 is 9.53 Å². The summed E-state index contributed by atoms with van der Waals surface area (Å²) in [5.41, 5.74) is 4.16. The van der Waals surface area contributed by atoms with Gasteiger partial charge in [-0.1, -0.05) is 60.7 Å². The maximum atomic E-state index is 13.2. The molecule has 1 amide bonds. The van der Waals surface area contributed by atoms with Crippen molar-refractivity contribution in [3.63, 3.8) is 0 Å². The number of carbonyl (C=O) groups is 1. The molecule has 1 aliphatic carbocycles. The number of hydrogen-bond acceptors (Lipinski definition) is 3. The van der Waals surface area contributed by atoms with Gasteiger partial charge in [-0.2, -0.15) is 0 Å². The SMILES string of the molecule is COc1ccc(CN(C2CC2)[C@H](C)C(=O)Nc2ccccc2-c2ccccc2)cc1. The highest BCUT2D eigenvalue weighted by Crippen LogP contribution is 2.32. The molecule has 0 aliphatic heterocycles. The Morgan fingerprint density at radius 1 is 1.00 bits per heavy atom. The minimum atomic E-state index is -0.219. The number of nitrogens with one attached hydrogen (secondary N) is 1. The van der Waals surface area contributed by atoms with E-state index in [1.807, 2.05) is 61.5 Å². The number of rotatable bonds is 8. The Labute approximate surface area is 178 Å². The van der Waals surface area contributed by atoms with Gasteiger partial charge < -0.3 is 10.1 Å². The number of hydrogen-bond donors (Lipinski definition) is 1. The molecular weight excluding hydrogens is 372 g/mol. The molecule has 154 valence electrons. The Balaban J connectivity index is 1.49. The lowest BCUT2D eigenvalue weighted by Gasteiger charge is -2.28. The molecule has 0 spiro atoms. The molecule has 30 heavy (non-hydrogen) atoms. The van der Waals surface area contributed by atoms with Crippen LogP contribution in [-0.4, -0.2) is 30.0 Å². The Bertz CT molecular complexity index is 981. The number of anilines is 1. The quantitative estimate of drug-likeness (QED) is 0.554. The largest absolute Gasteiger partial charge is 0.497 e. The van der Waals surface area contributed by atoms with E-state index in [1.54, 1.807) is 7.11 Å². The number of para-hydroxylation sites is 1.